The number of methoxy groups -OCH3 is 12. The van der Waals surface area contributed by atoms with Gasteiger partial charge in [0, 0.05) is 91.8 Å². The maximum absolute atomic E-state index is 13.5. The van der Waals surface area contributed by atoms with Crippen molar-refractivity contribution in [2.45, 2.75) is 120 Å². The molecule has 0 unspecified atom stereocenters. The molecule has 12 rings (SSSR count). The molecule has 0 amide bonds. The lowest BCUT2D eigenvalue weighted by Gasteiger charge is -2.52. The van der Waals surface area contributed by atoms with Crippen LogP contribution in [0.3, 0.4) is 0 Å². The SMILES string of the molecule is C.C.C.C.C.C.COC(=O)[C@H]1[C@H]2C[C@@H]3c4[nH]c5cc(OC)ccc5c4CCN3C[C@H]2C[C@@H](OC(=O)/C=C/c2cc(OC)c(OC)c(OC)c2)[C@@H]1OC.COC(=O)[C@H]1[C@H]2C[C@@H]3c4[nH]c5cc(OC)ccc5c4CCN3C[C@H]2C[C@@H](OC(=O)c2cc(OC)c(OC)c(OC)c2)[C@@H]1OC. The van der Waals surface area contributed by atoms with Gasteiger partial charge in [-0.25, -0.2) is 9.59 Å². The summed E-state index contributed by atoms with van der Waals surface area (Å²) in [6.07, 6.45) is 4.93. The molecule has 0 bridgehead atoms. The molecule has 96 heavy (non-hydrogen) atoms. The Bertz CT molecular complexity index is 3600. The minimum absolute atomic E-state index is 0. The second-order valence-electron chi connectivity index (χ2n) is 23.8. The number of ether oxygens (including phenoxy) is 14. The molecule has 2 aliphatic carbocycles. The maximum atomic E-state index is 13.5. The number of hydrogen-bond donors (Lipinski definition) is 2. The highest BCUT2D eigenvalue weighted by molar-refractivity contribution is 5.92. The molecule has 0 spiro atoms. The van der Waals surface area contributed by atoms with Gasteiger partial charge in [-0.15, -0.1) is 0 Å². The molecule has 12 atom stereocenters. The fraction of sp³-hybridized carbons (Fsp3) is 0.541. The van der Waals surface area contributed by atoms with Crippen LogP contribution in [0.5, 0.6) is 46.0 Å². The summed E-state index contributed by atoms with van der Waals surface area (Å²) in [6.45, 7) is 3.38. The Morgan fingerprint density at radius 1 is 0.479 bits per heavy atom. The van der Waals surface area contributed by atoms with E-state index in [2.05, 4.69) is 31.9 Å². The van der Waals surface area contributed by atoms with Crippen LogP contribution >= 0.6 is 0 Å². The zero-order valence-corrected chi connectivity index (χ0v) is 53.2. The van der Waals surface area contributed by atoms with E-state index >= 15 is 0 Å². The van der Waals surface area contributed by atoms with E-state index in [1.807, 2.05) is 24.3 Å². The molecule has 22 heteroatoms. The Morgan fingerprint density at radius 3 is 1.26 bits per heavy atom. The average Bonchev–Trinajstić information content (AvgIpc) is 1.41. The molecule has 0 radical (unpaired) electrons. The first-order valence-corrected chi connectivity index (χ1v) is 30.4. The van der Waals surface area contributed by atoms with Crippen LogP contribution in [0.2, 0.25) is 0 Å². The number of nitrogens with zero attached hydrogens (tertiary/aromatic N) is 2. The summed E-state index contributed by atoms with van der Waals surface area (Å²) in [5.74, 6) is 1.31. The Hall–Kier alpha value is -8.18. The molecule has 530 valence electrons. The van der Waals surface area contributed by atoms with E-state index < -0.39 is 48.2 Å². The average molecular weight is 1340 g/mol. The molecule has 2 saturated heterocycles. The molecule has 2 saturated carbocycles. The summed E-state index contributed by atoms with van der Waals surface area (Å²) in [5, 5.41) is 2.43. The van der Waals surface area contributed by atoms with Gasteiger partial charge in [0.15, 0.2) is 23.0 Å². The second kappa shape index (κ2) is 33.7. The summed E-state index contributed by atoms with van der Waals surface area (Å²) in [6, 6.07) is 19.2. The normalized spacial score (nSPS) is 24.3. The lowest BCUT2D eigenvalue weighted by Crippen LogP contribution is -2.58. The van der Waals surface area contributed by atoms with Crippen molar-refractivity contribution < 1.29 is 85.5 Å². The predicted molar refractivity (Wildman–Crippen MR) is 371 cm³/mol. The summed E-state index contributed by atoms with van der Waals surface area (Å²) >= 11 is 0. The third-order valence-electron chi connectivity index (χ3n) is 19.7. The zero-order chi connectivity index (χ0) is 63.7. The fourth-order valence-electron chi connectivity index (χ4n) is 15.7. The molecule has 6 aliphatic rings. The van der Waals surface area contributed by atoms with Crippen LogP contribution in [0.1, 0.15) is 121 Å². The molecule has 4 fully saturated rings. The Labute approximate surface area is 567 Å². The smallest absolute Gasteiger partial charge is 0.338 e. The van der Waals surface area contributed by atoms with E-state index in [-0.39, 0.29) is 97.8 Å². The fourth-order valence-corrected chi connectivity index (χ4v) is 15.7. The van der Waals surface area contributed by atoms with Crippen molar-refractivity contribution in [3.63, 3.8) is 0 Å². The third kappa shape index (κ3) is 14.7. The Kier molecular flexibility index (Phi) is 27.5. The molecule has 4 aliphatic heterocycles. The van der Waals surface area contributed by atoms with Crippen molar-refractivity contribution >= 4 is 51.8 Å². The van der Waals surface area contributed by atoms with Crippen LogP contribution in [0.4, 0.5) is 0 Å². The number of nitrogens with one attached hydrogen (secondary N) is 2. The van der Waals surface area contributed by atoms with Gasteiger partial charge in [0.2, 0.25) is 11.5 Å². The number of hydrogen-bond acceptors (Lipinski definition) is 20. The first kappa shape index (κ1) is 78.5. The van der Waals surface area contributed by atoms with E-state index in [1.54, 1.807) is 58.8 Å². The number of benzene rings is 4. The van der Waals surface area contributed by atoms with Crippen LogP contribution in [0.15, 0.2) is 66.7 Å². The van der Waals surface area contributed by atoms with E-state index in [9.17, 15) is 19.2 Å². The molecule has 6 heterocycles. The van der Waals surface area contributed by atoms with E-state index in [4.69, 9.17) is 66.3 Å². The van der Waals surface area contributed by atoms with Crippen molar-refractivity contribution in [1.82, 2.24) is 19.8 Å². The number of carbonyl (C=O) groups is 4. The minimum atomic E-state index is -0.670. The lowest BCUT2D eigenvalue weighted by atomic mass is 9.63. The van der Waals surface area contributed by atoms with Crippen LogP contribution < -0.4 is 37.9 Å². The predicted octanol–water partition coefficient (Wildman–Crippen LogP) is 12.6. The highest BCUT2D eigenvalue weighted by atomic mass is 16.6. The topological polar surface area (TPSA) is 236 Å². The highest BCUT2D eigenvalue weighted by Gasteiger charge is 2.56. The highest BCUT2D eigenvalue weighted by Crippen LogP contribution is 2.53. The van der Waals surface area contributed by atoms with Gasteiger partial charge in [0.1, 0.15) is 35.9 Å². The number of carbonyl (C=O) groups excluding carboxylic acids is 4. The maximum Gasteiger partial charge on any atom is 0.338 e. The third-order valence-corrected chi connectivity index (χ3v) is 19.7. The first-order valence-electron chi connectivity index (χ1n) is 30.4. The zero-order valence-electron chi connectivity index (χ0n) is 53.2. The summed E-state index contributed by atoms with van der Waals surface area (Å²) in [5.41, 5.74) is 8.09. The first-order chi connectivity index (χ1) is 43.7. The number of fused-ring (bicyclic) bond motifs is 12. The van der Waals surface area contributed by atoms with Crippen molar-refractivity contribution in [2.75, 3.05) is 111 Å². The molecular weight excluding hydrogens is 1230 g/mol. The Morgan fingerprint density at radius 2 is 0.885 bits per heavy atom. The summed E-state index contributed by atoms with van der Waals surface area (Å²) in [4.78, 5) is 65.9. The molecule has 22 nitrogen and oxygen atoms in total. The van der Waals surface area contributed by atoms with Crippen LogP contribution in [-0.2, 0) is 55.6 Å². The van der Waals surface area contributed by atoms with Gasteiger partial charge < -0.3 is 76.3 Å². The number of aromatic amines is 2. The Balaban J connectivity index is 0.000000327. The number of aromatic nitrogens is 2. The molecule has 2 aromatic heterocycles. The quantitative estimate of drug-likeness (QED) is 0.0490. The van der Waals surface area contributed by atoms with Gasteiger partial charge in [-0.2, -0.15) is 0 Å². The van der Waals surface area contributed by atoms with E-state index in [0.29, 0.717) is 52.9 Å². The van der Waals surface area contributed by atoms with Gasteiger partial charge in [-0.3, -0.25) is 19.4 Å². The molecule has 2 N–H and O–H groups in total. The van der Waals surface area contributed by atoms with Gasteiger partial charge in [0.25, 0.3) is 0 Å². The lowest BCUT2D eigenvalue weighted by molar-refractivity contribution is -0.187. The minimum Gasteiger partial charge on any atom is -0.497 e. The number of H-pyrrole nitrogens is 2. The monoisotopic (exact) mass is 1340 g/mol. The second-order valence-corrected chi connectivity index (χ2v) is 23.8. The van der Waals surface area contributed by atoms with Crippen LogP contribution in [0, 0.1) is 35.5 Å². The van der Waals surface area contributed by atoms with Crippen molar-refractivity contribution in [3.05, 3.63) is 100 Å². The van der Waals surface area contributed by atoms with E-state index in [1.165, 1.54) is 96.2 Å². The van der Waals surface area contributed by atoms with Gasteiger partial charge in [-0.1, -0.05) is 44.6 Å². The number of esters is 4. The summed E-state index contributed by atoms with van der Waals surface area (Å²) < 4.78 is 78.1. The van der Waals surface area contributed by atoms with Gasteiger partial charge >= 0.3 is 23.9 Å². The van der Waals surface area contributed by atoms with Crippen molar-refractivity contribution in [1.29, 1.82) is 0 Å². The van der Waals surface area contributed by atoms with E-state index in [0.717, 1.165) is 74.4 Å². The molecule has 6 aromatic rings. The van der Waals surface area contributed by atoms with Gasteiger partial charge in [-0.05, 0) is 133 Å². The number of piperidine rings is 2. The van der Waals surface area contributed by atoms with Crippen LogP contribution in [-0.4, -0.2) is 180 Å². The van der Waals surface area contributed by atoms with Crippen molar-refractivity contribution in [3.8, 4) is 46.0 Å². The standard InChI is InChI=1S/C35H42N2O9.C33H40N2O9.6CH4/c1-40-21-8-9-22-23-11-12-37-18-20-15-29(46-30(38)10-7-19-13-27(41-2)33(43-4)28(14-19)42-3)34(44-5)31(35(39)45-6)24(20)17-26(37)32(23)36-25(22)16-21;1-38-19-7-8-20-21-9-10-35-16-18-13-27(44-32(36)17-11-25(39-2)30(41-4)26(12-17)40-3)31(42-5)28(33(37)43-6)22(18)15-24(35)29(21)34-23(20)14-19;;;;;;/h7-10,13-14,16,20,24,26,29,31,34,36H,11-12,15,17-18H2,1-6H3;7-8,11-12,14,18,22,24,27-28,31,34H,9-10,13,15-16H2,1-6H3;6*1H4/b10-7+;;;;;;;/t20-,24+,26-,29-,31+,34+;18-,22+,24-,27-,28+,31+;;;;;;/m11....../s1. The van der Waals surface area contributed by atoms with Crippen LogP contribution in [0.25, 0.3) is 27.9 Å². The molecule has 4 aromatic carbocycles. The summed E-state index contributed by atoms with van der Waals surface area (Å²) in [7, 11) is 18.3. The number of rotatable bonds is 17. The molecular formula is C74H106N4O18. The van der Waals surface area contributed by atoms with Gasteiger partial charge in [0.05, 0.1) is 101 Å². The largest absolute Gasteiger partial charge is 0.497 e. The van der Waals surface area contributed by atoms with Crippen molar-refractivity contribution in [2.24, 2.45) is 35.5 Å².